The highest BCUT2D eigenvalue weighted by Gasteiger charge is 2.31. The van der Waals surface area contributed by atoms with E-state index in [4.69, 9.17) is 5.11 Å². The lowest BCUT2D eigenvalue weighted by molar-refractivity contribution is -0.137. The molecule has 6 heteroatoms. The first-order valence-electron chi connectivity index (χ1n) is 7.85. The summed E-state index contributed by atoms with van der Waals surface area (Å²) in [6.45, 7) is 1.52. The van der Waals surface area contributed by atoms with Crippen LogP contribution in [0.2, 0.25) is 0 Å². The van der Waals surface area contributed by atoms with Gasteiger partial charge in [-0.3, -0.25) is 14.9 Å². The van der Waals surface area contributed by atoms with Crippen LogP contribution in [0.1, 0.15) is 51.4 Å². The fourth-order valence-corrected chi connectivity index (χ4v) is 2.29. The highest BCUT2D eigenvalue weighted by atomic mass is 16.4. The van der Waals surface area contributed by atoms with Crippen molar-refractivity contribution in [3.8, 4) is 0 Å². The van der Waals surface area contributed by atoms with E-state index in [1.54, 1.807) is 4.90 Å². The number of imide groups is 1. The maximum Gasteiger partial charge on any atom is 0.324 e. The maximum atomic E-state index is 12.1. The molecule has 2 fully saturated rings. The molecule has 6 nitrogen and oxygen atoms in total. The van der Waals surface area contributed by atoms with Crippen LogP contribution in [-0.2, 0) is 9.59 Å². The number of urea groups is 1. The van der Waals surface area contributed by atoms with Gasteiger partial charge in [0.05, 0.1) is 0 Å². The molecule has 2 aliphatic rings. The highest BCUT2D eigenvalue weighted by molar-refractivity contribution is 5.94. The Hall–Kier alpha value is -1.59. The van der Waals surface area contributed by atoms with Gasteiger partial charge >= 0.3 is 12.0 Å². The first kappa shape index (κ1) is 15.8. The van der Waals surface area contributed by atoms with Gasteiger partial charge in [-0.2, -0.15) is 0 Å². The Morgan fingerprint density at radius 2 is 1.48 bits per heavy atom. The predicted molar refractivity (Wildman–Crippen MR) is 76.7 cm³/mol. The maximum absolute atomic E-state index is 12.1. The molecule has 0 spiro atoms. The summed E-state index contributed by atoms with van der Waals surface area (Å²) in [5.74, 6) is 0.0637. The average molecular weight is 296 g/mol. The number of carbonyl (C=O) groups is 3. The van der Waals surface area contributed by atoms with Gasteiger partial charge in [0, 0.05) is 25.9 Å². The van der Waals surface area contributed by atoms with Crippen LogP contribution < -0.4 is 5.32 Å². The largest absolute Gasteiger partial charge is 0.481 e. The van der Waals surface area contributed by atoms with E-state index in [1.807, 2.05) is 0 Å². The van der Waals surface area contributed by atoms with Gasteiger partial charge in [-0.25, -0.2) is 4.79 Å². The Kier molecular flexibility index (Phi) is 5.59. The van der Waals surface area contributed by atoms with E-state index in [0.717, 1.165) is 13.1 Å². The zero-order chi connectivity index (χ0) is 15.2. The van der Waals surface area contributed by atoms with Gasteiger partial charge in [-0.15, -0.1) is 0 Å². The zero-order valence-corrected chi connectivity index (χ0v) is 12.3. The summed E-state index contributed by atoms with van der Waals surface area (Å²) < 4.78 is 0. The lowest BCUT2D eigenvalue weighted by atomic mass is 10.2. The lowest BCUT2D eigenvalue weighted by Crippen LogP contribution is -2.44. The molecule has 118 valence electrons. The average Bonchev–Trinajstić information content (AvgIpc) is 3.28. The number of hydrogen-bond donors (Lipinski definition) is 2. The zero-order valence-electron chi connectivity index (χ0n) is 12.3. The number of nitrogens with zero attached hydrogens (tertiary/aromatic N) is 1. The molecular weight excluding hydrogens is 272 g/mol. The summed E-state index contributed by atoms with van der Waals surface area (Å²) in [5, 5.41) is 11.0. The molecule has 21 heavy (non-hydrogen) atoms. The van der Waals surface area contributed by atoms with E-state index in [1.165, 1.54) is 25.7 Å². The minimum Gasteiger partial charge on any atom is -0.481 e. The van der Waals surface area contributed by atoms with Crippen molar-refractivity contribution in [3.05, 3.63) is 0 Å². The highest BCUT2D eigenvalue weighted by Crippen LogP contribution is 2.33. The van der Waals surface area contributed by atoms with E-state index in [0.29, 0.717) is 24.7 Å². The standard InChI is InChI=1S/C15H24N2O4/c18-13(3-1-2-4-14(19)20)16-15(21)17(9-11-5-6-11)10-12-7-8-12/h11-12H,1-10H2,(H,19,20)(H,16,18,21). The number of carboxylic acid groups (broad SMARTS) is 1. The van der Waals surface area contributed by atoms with Crippen LogP contribution in [0.15, 0.2) is 0 Å². The molecule has 2 rings (SSSR count). The van der Waals surface area contributed by atoms with Crippen molar-refractivity contribution in [3.63, 3.8) is 0 Å². The van der Waals surface area contributed by atoms with Crippen molar-refractivity contribution >= 4 is 17.9 Å². The van der Waals surface area contributed by atoms with Crippen molar-refractivity contribution in [1.82, 2.24) is 10.2 Å². The number of amides is 3. The van der Waals surface area contributed by atoms with E-state index in [-0.39, 0.29) is 24.8 Å². The van der Waals surface area contributed by atoms with Crippen LogP contribution in [0.3, 0.4) is 0 Å². The first-order chi connectivity index (χ1) is 10.0. The Morgan fingerprint density at radius 3 is 1.95 bits per heavy atom. The van der Waals surface area contributed by atoms with Crippen molar-refractivity contribution in [2.75, 3.05) is 13.1 Å². The number of unbranched alkanes of at least 4 members (excludes halogenated alkanes) is 1. The molecule has 0 bridgehead atoms. The van der Waals surface area contributed by atoms with E-state index in [2.05, 4.69) is 5.32 Å². The first-order valence-corrected chi connectivity index (χ1v) is 7.85. The number of hydrogen-bond acceptors (Lipinski definition) is 3. The molecule has 0 aromatic heterocycles. The smallest absolute Gasteiger partial charge is 0.324 e. The third kappa shape index (κ3) is 6.60. The molecule has 0 heterocycles. The van der Waals surface area contributed by atoms with Crippen LogP contribution >= 0.6 is 0 Å². The van der Waals surface area contributed by atoms with E-state index < -0.39 is 5.97 Å². The van der Waals surface area contributed by atoms with Crippen molar-refractivity contribution in [1.29, 1.82) is 0 Å². The van der Waals surface area contributed by atoms with Crippen LogP contribution in [0.25, 0.3) is 0 Å². The fourth-order valence-electron chi connectivity index (χ4n) is 2.29. The van der Waals surface area contributed by atoms with Gasteiger partial charge in [0.15, 0.2) is 0 Å². The number of carboxylic acids is 1. The van der Waals surface area contributed by atoms with E-state index >= 15 is 0 Å². The summed E-state index contributed by atoms with van der Waals surface area (Å²) in [6, 6.07) is -0.281. The normalized spacial score (nSPS) is 17.3. The van der Waals surface area contributed by atoms with Crippen molar-refractivity contribution in [2.45, 2.75) is 51.4 Å². The predicted octanol–water partition coefficient (Wildman–Crippen LogP) is 1.99. The molecule has 2 saturated carbocycles. The molecule has 0 radical (unpaired) electrons. The Bertz CT molecular complexity index is 388. The van der Waals surface area contributed by atoms with Gasteiger partial charge in [0.2, 0.25) is 5.91 Å². The number of rotatable bonds is 9. The second-order valence-electron chi connectivity index (χ2n) is 6.25. The van der Waals surface area contributed by atoms with Gasteiger partial charge < -0.3 is 10.0 Å². The van der Waals surface area contributed by atoms with Crippen LogP contribution in [-0.4, -0.2) is 41.0 Å². The number of nitrogens with one attached hydrogen (secondary N) is 1. The summed E-state index contributed by atoms with van der Waals surface area (Å²) >= 11 is 0. The molecule has 0 aromatic carbocycles. The molecule has 2 N–H and O–H groups in total. The summed E-state index contributed by atoms with van der Waals surface area (Å²) in [7, 11) is 0. The Balaban J connectivity index is 1.66. The molecule has 0 unspecified atom stereocenters. The monoisotopic (exact) mass is 296 g/mol. The number of aliphatic carboxylic acids is 1. The topological polar surface area (TPSA) is 86.7 Å². The van der Waals surface area contributed by atoms with Gasteiger partial charge in [-0.1, -0.05) is 0 Å². The summed E-state index contributed by atoms with van der Waals surface area (Å²) in [6.07, 6.45) is 5.95. The van der Waals surface area contributed by atoms with Gasteiger partial charge in [0.25, 0.3) is 0 Å². The van der Waals surface area contributed by atoms with Crippen molar-refractivity contribution in [2.24, 2.45) is 11.8 Å². The molecule has 2 aliphatic carbocycles. The summed E-state index contributed by atoms with van der Waals surface area (Å²) in [4.78, 5) is 36.0. The lowest BCUT2D eigenvalue weighted by Gasteiger charge is -2.22. The second kappa shape index (κ2) is 7.43. The molecule has 0 aliphatic heterocycles. The van der Waals surface area contributed by atoms with E-state index in [9.17, 15) is 14.4 Å². The minimum atomic E-state index is -0.855. The van der Waals surface area contributed by atoms with Crippen LogP contribution in [0.5, 0.6) is 0 Å². The Labute approximate surface area is 124 Å². The molecule has 0 aromatic rings. The molecule has 3 amide bonds. The van der Waals surface area contributed by atoms with Crippen molar-refractivity contribution < 1.29 is 19.5 Å². The van der Waals surface area contributed by atoms with Gasteiger partial charge in [-0.05, 0) is 50.4 Å². The third-order valence-electron chi connectivity index (χ3n) is 3.93. The third-order valence-corrected chi connectivity index (χ3v) is 3.93. The number of carbonyl (C=O) groups excluding carboxylic acids is 2. The quantitative estimate of drug-likeness (QED) is 0.637. The van der Waals surface area contributed by atoms with Crippen LogP contribution in [0.4, 0.5) is 4.79 Å². The molecular formula is C15H24N2O4. The van der Waals surface area contributed by atoms with Gasteiger partial charge in [0.1, 0.15) is 0 Å². The Morgan fingerprint density at radius 1 is 0.952 bits per heavy atom. The SMILES string of the molecule is O=C(O)CCCCC(=O)NC(=O)N(CC1CC1)CC1CC1. The minimum absolute atomic E-state index is 0.0662. The molecule has 0 atom stereocenters. The molecule has 0 saturated heterocycles. The van der Waals surface area contributed by atoms with Crippen LogP contribution in [0, 0.1) is 11.8 Å². The fraction of sp³-hybridized carbons (Fsp3) is 0.800. The summed E-state index contributed by atoms with van der Waals surface area (Å²) in [5.41, 5.74) is 0. The second-order valence-corrected chi connectivity index (χ2v) is 6.25.